The van der Waals surface area contributed by atoms with Gasteiger partial charge in [0.05, 0.1) is 12.7 Å². The normalized spacial score (nSPS) is 13.0. The van der Waals surface area contributed by atoms with Gasteiger partial charge in [0.25, 0.3) is 0 Å². The van der Waals surface area contributed by atoms with Crippen molar-refractivity contribution >= 4 is 11.8 Å². The van der Waals surface area contributed by atoms with Gasteiger partial charge in [0, 0.05) is 24.7 Å². The summed E-state index contributed by atoms with van der Waals surface area (Å²) in [5, 5.41) is 0. The number of hydrogen-bond acceptors (Lipinski definition) is 5. The number of thioether (sulfide) groups is 1. The van der Waals surface area contributed by atoms with Crippen molar-refractivity contribution in [3.63, 3.8) is 0 Å². The van der Waals surface area contributed by atoms with Crippen LogP contribution < -0.4 is 9.47 Å². The van der Waals surface area contributed by atoms with E-state index in [1.165, 1.54) is 5.56 Å². The first kappa shape index (κ1) is 17.4. The molecular formula is C17H26O4S. The van der Waals surface area contributed by atoms with E-state index >= 15 is 0 Å². The lowest BCUT2D eigenvalue weighted by Gasteiger charge is -2.07. The molecule has 1 heterocycles. The fourth-order valence-corrected chi connectivity index (χ4v) is 2.86. The number of fused-ring (bicyclic) bond motifs is 1. The van der Waals surface area contributed by atoms with Gasteiger partial charge in [-0.3, -0.25) is 0 Å². The summed E-state index contributed by atoms with van der Waals surface area (Å²) in [4.78, 5) is 0. The van der Waals surface area contributed by atoms with Crippen molar-refractivity contribution in [3.8, 4) is 11.5 Å². The van der Waals surface area contributed by atoms with E-state index in [0.717, 1.165) is 55.7 Å². The largest absolute Gasteiger partial charge is 0.454 e. The van der Waals surface area contributed by atoms with Crippen molar-refractivity contribution < 1.29 is 18.9 Å². The Balaban J connectivity index is 1.44. The van der Waals surface area contributed by atoms with E-state index < -0.39 is 0 Å². The number of ether oxygens (including phenoxy) is 4. The first-order chi connectivity index (χ1) is 10.8. The predicted molar refractivity (Wildman–Crippen MR) is 89.9 cm³/mol. The number of unbranched alkanes of at least 4 members (excludes halogenated alkanes) is 1. The molecule has 0 saturated heterocycles. The summed E-state index contributed by atoms with van der Waals surface area (Å²) in [6.45, 7) is 6.93. The van der Waals surface area contributed by atoms with E-state index in [-0.39, 0.29) is 0 Å². The van der Waals surface area contributed by atoms with Crippen LogP contribution in [0.1, 0.15) is 32.3 Å². The van der Waals surface area contributed by atoms with Crippen LogP contribution >= 0.6 is 11.8 Å². The second-order valence-corrected chi connectivity index (χ2v) is 6.58. The lowest BCUT2D eigenvalue weighted by Crippen LogP contribution is -2.05. The van der Waals surface area contributed by atoms with Gasteiger partial charge in [0.1, 0.15) is 0 Å². The van der Waals surface area contributed by atoms with E-state index in [1.807, 2.05) is 17.8 Å². The van der Waals surface area contributed by atoms with Crippen molar-refractivity contribution in [2.45, 2.75) is 38.5 Å². The van der Waals surface area contributed by atoms with Crippen LogP contribution in [0.5, 0.6) is 11.5 Å². The Labute approximate surface area is 137 Å². The SMILES string of the molecule is CC(C)OCCCCOCCSCc1ccc2c(c1)OCO2. The van der Waals surface area contributed by atoms with E-state index in [2.05, 4.69) is 26.0 Å². The Kier molecular flexibility index (Phi) is 7.91. The quantitative estimate of drug-likeness (QED) is 0.577. The molecule has 0 fully saturated rings. The molecule has 0 aliphatic carbocycles. The van der Waals surface area contributed by atoms with Gasteiger partial charge in [-0.05, 0) is 44.4 Å². The highest BCUT2D eigenvalue weighted by atomic mass is 32.2. The summed E-state index contributed by atoms with van der Waals surface area (Å²) in [6, 6.07) is 6.13. The van der Waals surface area contributed by atoms with Crippen molar-refractivity contribution in [3.05, 3.63) is 23.8 Å². The van der Waals surface area contributed by atoms with Crippen molar-refractivity contribution in [1.82, 2.24) is 0 Å². The molecule has 0 bridgehead atoms. The third kappa shape index (κ3) is 6.46. The zero-order chi connectivity index (χ0) is 15.6. The van der Waals surface area contributed by atoms with Crippen LogP contribution in [-0.2, 0) is 15.2 Å². The van der Waals surface area contributed by atoms with E-state index in [0.29, 0.717) is 12.9 Å². The first-order valence-electron chi connectivity index (χ1n) is 7.91. The molecule has 0 atom stereocenters. The third-order valence-corrected chi connectivity index (χ3v) is 4.20. The summed E-state index contributed by atoms with van der Waals surface area (Å²) < 4.78 is 21.8. The maximum absolute atomic E-state index is 5.63. The van der Waals surface area contributed by atoms with Gasteiger partial charge < -0.3 is 18.9 Å². The second-order valence-electron chi connectivity index (χ2n) is 5.48. The maximum Gasteiger partial charge on any atom is 0.231 e. The second kappa shape index (κ2) is 9.98. The summed E-state index contributed by atoms with van der Waals surface area (Å²) in [5.74, 6) is 3.69. The van der Waals surface area contributed by atoms with Crippen molar-refractivity contribution in [1.29, 1.82) is 0 Å². The minimum Gasteiger partial charge on any atom is -0.454 e. The average Bonchev–Trinajstić information content (AvgIpc) is 2.96. The number of benzene rings is 1. The summed E-state index contributed by atoms with van der Waals surface area (Å²) >= 11 is 1.88. The van der Waals surface area contributed by atoms with E-state index in [1.54, 1.807) is 0 Å². The van der Waals surface area contributed by atoms with Gasteiger partial charge >= 0.3 is 0 Å². The predicted octanol–water partition coefficient (Wildman–Crippen LogP) is 3.87. The minimum atomic E-state index is 0.327. The van der Waals surface area contributed by atoms with Gasteiger partial charge in [-0.2, -0.15) is 11.8 Å². The smallest absolute Gasteiger partial charge is 0.231 e. The molecular weight excluding hydrogens is 300 g/mol. The van der Waals surface area contributed by atoms with E-state index in [9.17, 15) is 0 Å². The number of hydrogen-bond donors (Lipinski definition) is 0. The summed E-state index contributed by atoms with van der Waals surface area (Å²) in [6.07, 6.45) is 2.47. The van der Waals surface area contributed by atoms with Crippen LogP contribution in [-0.4, -0.2) is 38.5 Å². The molecule has 5 heteroatoms. The molecule has 22 heavy (non-hydrogen) atoms. The van der Waals surface area contributed by atoms with Gasteiger partial charge in [0.2, 0.25) is 6.79 Å². The molecule has 1 aromatic rings. The van der Waals surface area contributed by atoms with Crippen LogP contribution in [0.4, 0.5) is 0 Å². The van der Waals surface area contributed by atoms with Crippen LogP contribution in [0.2, 0.25) is 0 Å². The summed E-state index contributed by atoms with van der Waals surface area (Å²) in [7, 11) is 0. The standard InChI is InChI=1S/C17H26O4S/c1-14(2)19-8-4-3-7-18-9-10-22-12-15-5-6-16-17(11-15)21-13-20-16/h5-6,11,14H,3-4,7-10,12-13H2,1-2H3. The Morgan fingerprint density at radius 2 is 1.91 bits per heavy atom. The molecule has 1 aliphatic heterocycles. The molecule has 4 nitrogen and oxygen atoms in total. The Bertz CT molecular complexity index is 437. The zero-order valence-corrected chi connectivity index (χ0v) is 14.3. The molecule has 1 aliphatic rings. The van der Waals surface area contributed by atoms with Crippen molar-refractivity contribution in [2.24, 2.45) is 0 Å². The molecule has 0 unspecified atom stereocenters. The molecule has 0 spiro atoms. The maximum atomic E-state index is 5.63. The Morgan fingerprint density at radius 3 is 2.77 bits per heavy atom. The molecule has 0 saturated carbocycles. The lowest BCUT2D eigenvalue weighted by molar-refractivity contribution is 0.0680. The lowest BCUT2D eigenvalue weighted by atomic mass is 10.2. The van der Waals surface area contributed by atoms with Gasteiger partial charge in [0.15, 0.2) is 11.5 Å². The summed E-state index contributed by atoms with van der Waals surface area (Å²) in [5.41, 5.74) is 1.26. The highest BCUT2D eigenvalue weighted by molar-refractivity contribution is 7.98. The van der Waals surface area contributed by atoms with E-state index in [4.69, 9.17) is 18.9 Å². The van der Waals surface area contributed by atoms with Crippen LogP contribution in [0.25, 0.3) is 0 Å². The van der Waals surface area contributed by atoms with Gasteiger partial charge in [-0.25, -0.2) is 0 Å². The fraction of sp³-hybridized carbons (Fsp3) is 0.647. The highest BCUT2D eigenvalue weighted by Gasteiger charge is 2.12. The average molecular weight is 326 g/mol. The monoisotopic (exact) mass is 326 g/mol. The molecule has 1 aromatic carbocycles. The third-order valence-electron chi connectivity index (χ3n) is 3.21. The molecule has 0 N–H and O–H groups in total. The van der Waals surface area contributed by atoms with Gasteiger partial charge in [-0.1, -0.05) is 6.07 Å². The van der Waals surface area contributed by atoms with Crippen LogP contribution in [0.3, 0.4) is 0 Å². The molecule has 0 aromatic heterocycles. The molecule has 0 radical (unpaired) electrons. The van der Waals surface area contributed by atoms with Crippen LogP contribution in [0.15, 0.2) is 18.2 Å². The van der Waals surface area contributed by atoms with Gasteiger partial charge in [-0.15, -0.1) is 0 Å². The minimum absolute atomic E-state index is 0.327. The zero-order valence-electron chi connectivity index (χ0n) is 13.5. The van der Waals surface area contributed by atoms with Crippen LogP contribution in [0, 0.1) is 0 Å². The van der Waals surface area contributed by atoms with Crippen molar-refractivity contribution in [2.75, 3.05) is 32.4 Å². The molecule has 124 valence electrons. The first-order valence-corrected chi connectivity index (χ1v) is 9.07. The number of rotatable bonds is 11. The molecule has 0 amide bonds. The Hall–Kier alpha value is -0.910. The molecule has 2 rings (SSSR count). The topological polar surface area (TPSA) is 36.9 Å². The highest BCUT2D eigenvalue weighted by Crippen LogP contribution is 2.33. The fourth-order valence-electron chi connectivity index (χ4n) is 2.07. The Morgan fingerprint density at radius 1 is 1.09 bits per heavy atom.